The van der Waals surface area contributed by atoms with Crippen molar-refractivity contribution in [1.82, 2.24) is 4.90 Å². The fraction of sp³-hybridized carbons (Fsp3) is 1.00. The summed E-state index contributed by atoms with van der Waals surface area (Å²) in [4.78, 5) is 2.55. The van der Waals surface area contributed by atoms with E-state index >= 15 is 0 Å². The van der Waals surface area contributed by atoms with Gasteiger partial charge in [0.25, 0.3) is 0 Å². The van der Waals surface area contributed by atoms with Crippen LogP contribution in [-0.4, -0.2) is 42.3 Å². The Morgan fingerprint density at radius 2 is 0.879 bits per heavy atom. The molecule has 33 heavy (non-hydrogen) atoms. The molecule has 0 aromatic carbocycles. The van der Waals surface area contributed by atoms with Crippen molar-refractivity contribution in [3.05, 3.63) is 0 Å². The van der Waals surface area contributed by atoms with Crippen LogP contribution in [0.5, 0.6) is 0 Å². The first-order valence-electron chi connectivity index (χ1n) is 15.3. The summed E-state index contributed by atoms with van der Waals surface area (Å²) in [6.45, 7) is 8.66. The van der Waals surface area contributed by atoms with Crippen molar-refractivity contribution in [3.8, 4) is 0 Å². The molecule has 1 atom stereocenters. The number of unbranched alkanes of at least 4 members (excludes halogenated alkanes) is 18. The van der Waals surface area contributed by atoms with E-state index in [1.807, 2.05) is 0 Å². The molecule has 0 radical (unpaired) electrons. The van der Waals surface area contributed by atoms with E-state index in [1.165, 1.54) is 135 Å². The second kappa shape index (κ2) is 28.1. The highest BCUT2D eigenvalue weighted by atomic mass is 16.3. The maximum atomic E-state index is 10.4. The lowest BCUT2D eigenvalue weighted by Crippen LogP contribution is -2.30. The van der Waals surface area contributed by atoms with Crippen molar-refractivity contribution < 1.29 is 5.11 Å². The van der Waals surface area contributed by atoms with Gasteiger partial charge in [-0.15, -0.1) is 0 Å². The summed E-state index contributed by atoms with van der Waals surface area (Å²) in [6, 6.07) is 0. The van der Waals surface area contributed by atoms with Crippen molar-refractivity contribution in [1.29, 1.82) is 0 Å². The Morgan fingerprint density at radius 3 is 1.33 bits per heavy atom. The Bertz CT molecular complexity index is 350. The van der Waals surface area contributed by atoms with Gasteiger partial charge in [0.05, 0.1) is 6.10 Å². The smallest absolute Gasteiger partial charge is 0.0552 e. The van der Waals surface area contributed by atoms with Gasteiger partial charge in [-0.2, -0.15) is 0 Å². The summed E-state index contributed by atoms with van der Waals surface area (Å²) < 4.78 is 0. The van der Waals surface area contributed by atoms with Gasteiger partial charge in [-0.1, -0.05) is 136 Å². The molecule has 0 aliphatic heterocycles. The molecule has 0 aliphatic carbocycles. The van der Waals surface area contributed by atoms with Crippen LogP contribution in [0.15, 0.2) is 0 Å². The number of aliphatic hydroxyl groups excluding tert-OH is 1. The summed E-state index contributed by atoms with van der Waals surface area (Å²) in [5, 5.41) is 10.4. The van der Waals surface area contributed by atoms with Crippen molar-refractivity contribution in [2.75, 3.05) is 26.2 Å². The lowest BCUT2D eigenvalue weighted by Gasteiger charge is -2.23. The first-order valence-corrected chi connectivity index (χ1v) is 15.3. The van der Waals surface area contributed by atoms with E-state index in [-0.39, 0.29) is 6.10 Å². The molecule has 200 valence electrons. The molecule has 0 spiro atoms. The summed E-state index contributed by atoms with van der Waals surface area (Å²) in [5.41, 5.74) is 5.76. The number of aliphatic hydroxyl groups is 1. The van der Waals surface area contributed by atoms with Crippen LogP contribution < -0.4 is 5.73 Å². The Morgan fingerprint density at radius 1 is 0.485 bits per heavy atom. The molecule has 0 fully saturated rings. The van der Waals surface area contributed by atoms with Gasteiger partial charge < -0.3 is 15.7 Å². The zero-order valence-corrected chi connectivity index (χ0v) is 23.1. The third-order valence-electron chi connectivity index (χ3n) is 7.18. The first-order chi connectivity index (χ1) is 16.2. The second-order valence-corrected chi connectivity index (χ2v) is 10.6. The molecular weight excluding hydrogens is 404 g/mol. The van der Waals surface area contributed by atoms with Crippen LogP contribution in [0.4, 0.5) is 0 Å². The molecule has 1 unspecified atom stereocenters. The fourth-order valence-electron chi connectivity index (χ4n) is 4.82. The molecule has 3 N–H and O–H groups in total. The highest BCUT2D eigenvalue weighted by molar-refractivity contribution is 4.64. The monoisotopic (exact) mass is 469 g/mol. The highest BCUT2D eigenvalue weighted by Gasteiger charge is 2.09. The van der Waals surface area contributed by atoms with Crippen LogP contribution in [0.2, 0.25) is 0 Å². The zero-order valence-electron chi connectivity index (χ0n) is 23.1. The molecule has 0 heterocycles. The predicted molar refractivity (Wildman–Crippen MR) is 149 cm³/mol. The van der Waals surface area contributed by atoms with Crippen LogP contribution in [0.25, 0.3) is 0 Å². The van der Waals surface area contributed by atoms with Crippen LogP contribution in [0.3, 0.4) is 0 Å². The summed E-state index contributed by atoms with van der Waals surface area (Å²) in [5.74, 6) is 0. The Balaban J connectivity index is 3.65. The molecule has 0 aromatic rings. The number of nitrogens with two attached hydrogens (primary N) is 1. The molecule has 0 aromatic heterocycles. The minimum absolute atomic E-state index is 0.118. The third-order valence-corrected chi connectivity index (χ3v) is 7.18. The van der Waals surface area contributed by atoms with Crippen LogP contribution >= 0.6 is 0 Å². The number of nitrogens with zero attached hydrogens (tertiary/aromatic N) is 1. The fourth-order valence-corrected chi connectivity index (χ4v) is 4.82. The Labute approximate surface area is 209 Å². The number of rotatable bonds is 28. The van der Waals surface area contributed by atoms with Gasteiger partial charge in [-0.25, -0.2) is 0 Å². The van der Waals surface area contributed by atoms with E-state index in [9.17, 15) is 5.11 Å². The predicted octanol–water partition coefficient (Wildman–Crippen LogP) is 8.62. The molecular formula is C30H64N2O. The lowest BCUT2D eigenvalue weighted by molar-refractivity contribution is 0.128. The zero-order chi connectivity index (χ0) is 24.2. The van der Waals surface area contributed by atoms with Gasteiger partial charge in [-0.05, 0) is 45.3 Å². The van der Waals surface area contributed by atoms with Gasteiger partial charge in [0.1, 0.15) is 0 Å². The maximum absolute atomic E-state index is 10.4. The van der Waals surface area contributed by atoms with Gasteiger partial charge in [-0.3, -0.25) is 0 Å². The average Bonchev–Trinajstić information content (AvgIpc) is 2.82. The summed E-state index contributed by atoms with van der Waals surface area (Å²) >= 11 is 0. The summed E-state index contributed by atoms with van der Waals surface area (Å²) in [7, 11) is 0. The van der Waals surface area contributed by atoms with Gasteiger partial charge in [0.15, 0.2) is 0 Å². The van der Waals surface area contributed by atoms with Crippen molar-refractivity contribution in [3.63, 3.8) is 0 Å². The van der Waals surface area contributed by atoms with Crippen molar-refractivity contribution in [2.45, 2.75) is 168 Å². The molecule has 0 saturated heterocycles. The number of hydrogen-bond acceptors (Lipinski definition) is 3. The van der Waals surface area contributed by atoms with E-state index in [4.69, 9.17) is 5.73 Å². The standard InChI is InChI=1S/C30H64N2O/c1-3-5-7-9-11-13-15-17-19-21-24-30(33)25-29-32(28-23-26-31)27-22-20-18-16-14-12-10-8-6-4-2/h30,33H,3-29,31H2,1-2H3. The minimum atomic E-state index is -0.118. The van der Waals surface area contributed by atoms with Crippen molar-refractivity contribution >= 4 is 0 Å². The normalized spacial score (nSPS) is 12.6. The molecule has 0 rings (SSSR count). The average molecular weight is 469 g/mol. The van der Waals surface area contributed by atoms with Gasteiger partial charge in [0.2, 0.25) is 0 Å². The Kier molecular flexibility index (Phi) is 28.0. The van der Waals surface area contributed by atoms with Crippen LogP contribution in [-0.2, 0) is 0 Å². The van der Waals surface area contributed by atoms with E-state index in [2.05, 4.69) is 18.7 Å². The summed E-state index contributed by atoms with van der Waals surface area (Å²) in [6.07, 6.45) is 30.4. The maximum Gasteiger partial charge on any atom is 0.0552 e. The van der Waals surface area contributed by atoms with E-state index in [1.54, 1.807) is 0 Å². The topological polar surface area (TPSA) is 49.5 Å². The van der Waals surface area contributed by atoms with Crippen LogP contribution in [0.1, 0.15) is 162 Å². The molecule has 0 aliphatic rings. The van der Waals surface area contributed by atoms with Gasteiger partial charge >= 0.3 is 0 Å². The molecule has 3 heteroatoms. The molecule has 0 saturated carbocycles. The quantitative estimate of drug-likeness (QED) is 0.113. The second-order valence-electron chi connectivity index (χ2n) is 10.6. The minimum Gasteiger partial charge on any atom is -0.393 e. The largest absolute Gasteiger partial charge is 0.393 e. The SMILES string of the molecule is CCCCCCCCCCCCC(O)CCN(CCCN)CCCCCCCCCCCC. The molecule has 3 nitrogen and oxygen atoms in total. The third kappa shape index (κ3) is 26.3. The van der Waals surface area contributed by atoms with Crippen molar-refractivity contribution in [2.24, 2.45) is 5.73 Å². The van der Waals surface area contributed by atoms with E-state index < -0.39 is 0 Å². The first kappa shape index (κ1) is 32.9. The number of hydrogen-bond donors (Lipinski definition) is 2. The lowest BCUT2D eigenvalue weighted by atomic mass is 10.0. The molecule has 0 bridgehead atoms. The molecule has 0 amide bonds. The highest BCUT2D eigenvalue weighted by Crippen LogP contribution is 2.14. The van der Waals surface area contributed by atoms with E-state index in [0.717, 1.165) is 38.9 Å². The van der Waals surface area contributed by atoms with E-state index in [0.29, 0.717) is 0 Å². The van der Waals surface area contributed by atoms with Gasteiger partial charge in [0, 0.05) is 6.54 Å². The Hall–Kier alpha value is -0.120. The van der Waals surface area contributed by atoms with Crippen LogP contribution in [0, 0.1) is 0 Å².